The van der Waals surface area contributed by atoms with Crippen LogP contribution in [0.3, 0.4) is 0 Å². The molecule has 0 fully saturated rings. The van der Waals surface area contributed by atoms with Gasteiger partial charge in [0.25, 0.3) is 5.91 Å². The van der Waals surface area contributed by atoms with Gasteiger partial charge in [-0.3, -0.25) is 9.63 Å². The average Bonchev–Trinajstić information content (AvgIpc) is 2.60. The van der Waals surface area contributed by atoms with Gasteiger partial charge in [-0.15, -0.1) is 0 Å². The number of benzene rings is 1. The van der Waals surface area contributed by atoms with Crippen molar-refractivity contribution >= 4 is 5.91 Å². The third-order valence-electron chi connectivity index (χ3n) is 2.98. The highest BCUT2D eigenvalue weighted by atomic mass is 16.6. The van der Waals surface area contributed by atoms with Gasteiger partial charge >= 0.3 is 0 Å². The highest BCUT2D eigenvalue weighted by Gasteiger charge is 2.19. The maximum absolute atomic E-state index is 11.5. The van der Waals surface area contributed by atoms with E-state index < -0.39 is 0 Å². The zero-order valence-electron chi connectivity index (χ0n) is 9.04. The molecule has 2 rings (SSSR count). The molecule has 1 aromatic carbocycles. The van der Waals surface area contributed by atoms with Gasteiger partial charge < -0.3 is 0 Å². The normalized spacial score (nSPS) is 18.7. The van der Waals surface area contributed by atoms with E-state index in [1.807, 2.05) is 18.2 Å². The van der Waals surface area contributed by atoms with Crippen molar-refractivity contribution in [2.45, 2.75) is 25.7 Å². The van der Waals surface area contributed by atoms with Gasteiger partial charge in [0.15, 0.2) is 0 Å². The van der Waals surface area contributed by atoms with Crippen LogP contribution in [0.2, 0.25) is 0 Å². The molecule has 0 heterocycles. The molecule has 0 saturated heterocycles. The zero-order chi connectivity index (χ0) is 10.8. The molecule has 1 N–H and O–H groups in total. The molecule has 1 aliphatic rings. The second-order valence-corrected chi connectivity index (χ2v) is 3.99. The number of nitrogens with one attached hydrogen (secondary N) is 1. The van der Waals surface area contributed by atoms with Gasteiger partial charge in [-0.05, 0) is 42.0 Å². The molecular formula is C12H15NO2. The quantitative estimate of drug-likeness (QED) is 0.750. The Morgan fingerprint density at radius 1 is 1.53 bits per heavy atom. The van der Waals surface area contributed by atoms with Crippen LogP contribution in [0, 0.1) is 0 Å². The van der Waals surface area contributed by atoms with Crippen molar-refractivity contribution in [1.29, 1.82) is 0 Å². The Labute approximate surface area is 89.4 Å². The first-order valence-corrected chi connectivity index (χ1v) is 5.18. The summed E-state index contributed by atoms with van der Waals surface area (Å²) in [5, 5.41) is 0. The van der Waals surface area contributed by atoms with Crippen LogP contribution in [-0.2, 0) is 11.3 Å². The predicted molar refractivity (Wildman–Crippen MR) is 57.7 cm³/mol. The van der Waals surface area contributed by atoms with E-state index in [9.17, 15) is 4.79 Å². The van der Waals surface area contributed by atoms with Crippen LogP contribution in [0.5, 0.6) is 0 Å². The maximum atomic E-state index is 11.5. The van der Waals surface area contributed by atoms with Gasteiger partial charge in [0.1, 0.15) is 0 Å². The van der Waals surface area contributed by atoms with Crippen LogP contribution in [0.25, 0.3) is 0 Å². The van der Waals surface area contributed by atoms with E-state index in [2.05, 4.69) is 17.2 Å². The number of aryl methyl sites for hydroxylation is 1. The highest BCUT2D eigenvalue weighted by Crippen LogP contribution is 2.32. The number of carbonyl (C=O) groups is 1. The van der Waals surface area contributed by atoms with Crippen molar-refractivity contribution in [2.24, 2.45) is 0 Å². The van der Waals surface area contributed by atoms with E-state index in [4.69, 9.17) is 0 Å². The molecule has 1 atom stereocenters. The summed E-state index contributed by atoms with van der Waals surface area (Å²) >= 11 is 0. The van der Waals surface area contributed by atoms with Gasteiger partial charge in [-0.2, -0.15) is 0 Å². The van der Waals surface area contributed by atoms with E-state index in [0.717, 1.165) is 6.42 Å². The van der Waals surface area contributed by atoms with Gasteiger partial charge in [-0.1, -0.05) is 13.0 Å². The molecule has 1 amide bonds. The lowest BCUT2D eigenvalue weighted by atomic mass is 10.0. The van der Waals surface area contributed by atoms with Crippen LogP contribution < -0.4 is 5.48 Å². The molecule has 3 nitrogen and oxygen atoms in total. The van der Waals surface area contributed by atoms with Crippen molar-refractivity contribution < 1.29 is 9.63 Å². The minimum atomic E-state index is -0.181. The number of hydroxylamine groups is 1. The van der Waals surface area contributed by atoms with Crippen LogP contribution in [-0.4, -0.2) is 13.0 Å². The lowest BCUT2D eigenvalue weighted by Gasteiger charge is -2.07. The molecule has 80 valence electrons. The first-order chi connectivity index (χ1) is 7.22. The van der Waals surface area contributed by atoms with Gasteiger partial charge in [0.2, 0.25) is 0 Å². The van der Waals surface area contributed by atoms with E-state index in [1.165, 1.54) is 24.7 Å². The van der Waals surface area contributed by atoms with E-state index >= 15 is 0 Å². The summed E-state index contributed by atoms with van der Waals surface area (Å²) in [6.45, 7) is 2.20. The molecule has 1 unspecified atom stereocenters. The Morgan fingerprint density at radius 3 is 3.07 bits per heavy atom. The summed E-state index contributed by atoms with van der Waals surface area (Å²) in [6.07, 6.45) is 2.31. The standard InChI is InChI=1S/C12H15NO2/c1-8-3-4-9-5-6-10(7-11(8)9)12(14)13-15-2/h5-8H,3-4H2,1-2H3,(H,13,14). The SMILES string of the molecule is CONC(=O)c1ccc2c(c1)C(C)CC2. The Balaban J connectivity index is 2.29. The predicted octanol–water partition coefficient (Wildman–Crippen LogP) is 2.03. The van der Waals surface area contributed by atoms with E-state index in [-0.39, 0.29) is 5.91 Å². The number of hydrogen-bond acceptors (Lipinski definition) is 2. The fraction of sp³-hybridized carbons (Fsp3) is 0.417. The maximum Gasteiger partial charge on any atom is 0.274 e. The number of hydrogen-bond donors (Lipinski definition) is 1. The Kier molecular flexibility index (Phi) is 2.73. The van der Waals surface area contributed by atoms with Crippen molar-refractivity contribution in [1.82, 2.24) is 5.48 Å². The highest BCUT2D eigenvalue weighted by molar-refractivity contribution is 5.93. The summed E-state index contributed by atoms with van der Waals surface area (Å²) in [6, 6.07) is 5.87. The van der Waals surface area contributed by atoms with Gasteiger partial charge in [0, 0.05) is 5.56 Å². The molecule has 15 heavy (non-hydrogen) atoms. The number of fused-ring (bicyclic) bond motifs is 1. The number of rotatable bonds is 2. The smallest absolute Gasteiger partial charge is 0.274 e. The summed E-state index contributed by atoms with van der Waals surface area (Å²) in [7, 11) is 1.44. The zero-order valence-corrected chi connectivity index (χ0v) is 9.04. The summed E-state index contributed by atoms with van der Waals surface area (Å²) in [4.78, 5) is 16.1. The second-order valence-electron chi connectivity index (χ2n) is 3.99. The molecule has 1 aromatic rings. The molecule has 0 bridgehead atoms. The first kappa shape index (κ1) is 10.2. The lowest BCUT2D eigenvalue weighted by Crippen LogP contribution is -2.21. The van der Waals surface area contributed by atoms with Crippen molar-refractivity contribution in [3.05, 3.63) is 34.9 Å². The summed E-state index contributed by atoms with van der Waals surface area (Å²) in [5.41, 5.74) is 5.68. The number of carbonyl (C=O) groups excluding carboxylic acids is 1. The largest absolute Gasteiger partial charge is 0.277 e. The van der Waals surface area contributed by atoms with E-state index in [1.54, 1.807) is 0 Å². The monoisotopic (exact) mass is 205 g/mol. The first-order valence-electron chi connectivity index (χ1n) is 5.18. The third-order valence-corrected chi connectivity index (χ3v) is 2.98. The topological polar surface area (TPSA) is 38.3 Å². The molecule has 0 saturated carbocycles. The Morgan fingerprint density at radius 2 is 2.33 bits per heavy atom. The van der Waals surface area contributed by atoms with Crippen LogP contribution in [0.1, 0.15) is 40.7 Å². The second kappa shape index (κ2) is 4.03. The molecule has 0 spiro atoms. The third kappa shape index (κ3) is 1.88. The molecular weight excluding hydrogens is 190 g/mol. The van der Waals surface area contributed by atoms with Crippen molar-refractivity contribution in [2.75, 3.05) is 7.11 Å². The Bertz CT molecular complexity index is 387. The Hall–Kier alpha value is -1.35. The molecule has 0 aliphatic heterocycles. The summed E-state index contributed by atoms with van der Waals surface area (Å²) < 4.78 is 0. The number of amides is 1. The van der Waals surface area contributed by atoms with Gasteiger partial charge in [-0.25, -0.2) is 5.48 Å². The summed E-state index contributed by atoms with van der Waals surface area (Å²) in [5.74, 6) is 0.384. The molecule has 1 aliphatic carbocycles. The van der Waals surface area contributed by atoms with Crippen LogP contribution >= 0.6 is 0 Å². The van der Waals surface area contributed by atoms with Crippen molar-refractivity contribution in [3.63, 3.8) is 0 Å². The average molecular weight is 205 g/mol. The van der Waals surface area contributed by atoms with Crippen molar-refractivity contribution in [3.8, 4) is 0 Å². The van der Waals surface area contributed by atoms with Crippen LogP contribution in [0.4, 0.5) is 0 Å². The molecule has 3 heteroatoms. The molecule has 0 aromatic heterocycles. The van der Waals surface area contributed by atoms with E-state index in [0.29, 0.717) is 11.5 Å². The minimum Gasteiger partial charge on any atom is -0.277 e. The lowest BCUT2D eigenvalue weighted by molar-refractivity contribution is 0.0537. The fourth-order valence-electron chi connectivity index (χ4n) is 2.10. The van der Waals surface area contributed by atoms with Gasteiger partial charge in [0.05, 0.1) is 7.11 Å². The minimum absolute atomic E-state index is 0.181. The fourth-order valence-corrected chi connectivity index (χ4v) is 2.10. The molecule has 0 radical (unpaired) electrons. The van der Waals surface area contributed by atoms with Crippen LogP contribution in [0.15, 0.2) is 18.2 Å².